The van der Waals surface area contributed by atoms with Crippen molar-refractivity contribution >= 4 is 32.6 Å². The topological polar surface area (TPSA) is 52.0 Å². The van der Waals surface area contributed by atoms with Gasteiger partial charge in [0.2, 0.25) is 5.78 Å². The highest BCUT2D eigenvalue weighted by Gasteiger charge is 2.32. The first-order valence-corrected chi connectivity index (χ1v) is 7.24. The van der Waals surface area contributed by atoms with Crippen molar-refractivity contribution < 1.29 is 4.79 Å². The lowest BCUT2D eigenvalue weighted by Crippen LogP contribution is -2.21. The fourth-order valence-corrected chi connectivity index (χ4v) is 3.50. The van der Waals surface area contributed by atoms with Crippen molar-refractivity contribution in [3.63, 3.8) is 0 Å². The largest absolute Gasteiger partial charge is 0.285 e. The molecule has 102 valence electrons. The highest BCUT2D eigenvalue weighted by atomic mass is 79.9. The molecule has 5 heteroatoms. The Morgan fingerprint density at radius 3 is 2.71 bits per heavy atom. The summed E-state index contributed by atoms with van der Waals surface area (Å²) in [4.78, 5) is 29.6. The number of rotatable bonds is 0. The minimum Gasteiger partial charge on any atom is -0.285 e. The van der Waals surface area contributed by atoms with Gasteiger partial charge in [-0.1, -0.05) is 12.1 Å². The maximum absolute atomic E-state index is 12.7. The van der Waals surface area contributed by atoms with Gasteiger partial charge in [0.25, 0.3) is 5.56 Å². The van der Waals surface area contributed by atoms with Crippen LogP contribution in [0.3, 0.4) is 0 Å². The van der Waals surface area contributed by atoms with E-state index < -0.39 is 0 Å². The summed E-state index contributed by atoms with van der Waals surface area (Å²) in [6.45, 7) is 1.91. The van der Waals surface area contributed by atoms with E-state index in [-0.39, 0.29) is 17.2 Å². The van der Waals surface area contributed by atoms with E-state index in [2.05, 4.69) is 20.9 Å². The summed E-state index contributed by atoms with van der Waals surface area (Å²) in [5.41, 5.74) is 2.39. The summed E-state index contributed by atoms with van der Waals surface area (Å²) in [5, 5.41) is 0.509. The van der Waals surface area contributed by atoms with Crippen LogP contribution in [0.1, 0.15) is 21.7 Å². The summed E-state index contributed by atoms with van der Waals surface area (Å²) >= 11 is 3.45. The van der Waals surface area contributed by atoms with Crippen LogP contribution in [0.5, 0.6) is 0 Å². The van der Waals surface area contributed by atoms with Gasteiger partial charge in [-0.15, -0.1) is 0 Å². The molecule has 3 aromatic rings. The molecule has 2 aromatic carbocycles. The zero-order chi connectivity index (χ0) is 14.7. The molecule has 0 N–H and O–H groups in total. The third-order valence-corrected chi connectivity index (χ3v) is 4.26. The summed E-state index contributed by atoms with van der Waals surface area (Å²) in [7, 11) is 0. The van der Waals surface area contributed by atoms with Crippen LogP contribution in [0.25, 0.3) is 16.6 Å². The minimum absolute atomic E-state index is 0.181. The van der Waals surface area contributed by atoms with Gasteiger partial charge in [-0.25, -0.2) is 4.98 Å². The number of hydrogen-bond acceptors (Lipinski definition) is 3. The average Bonchev–Trinajstić information content (AvgIpc) is 2.74. The Morgan fingerprint density at radius 2 is 1.90 bits per heavy atom. The van der Waals surface area contributed by atoms with E-state index in [4.69, 9.17) is 0 Å². The van der Waals surface area contributed by atoms with Crippen LogP contribution in [0.15, 0.2) is 45.7 Å². The molecular formula is C16H9BrN2O2. The monoisotopic (exact) mass is 340 g/mol. The van der Waals surface area contributed by atoms with Crippen molar-refractivity contribution in [3.8, 4) is 5.69 Å². The highest BCUT2D eigenvalue weighted by molar-refractivity contribution is 9.10. The summed E-state index contributed by atoms with van der Waals surface area (Å²) in [5.74, 6) is -0.0303. The quantitative estimate of drug-likeness (QED) is 0.494. The predicted molar refractivity (Wildman–Crippen MR) is 83.2 cm³/mol. The summed E-state index contributed by atoms with van der Waals surface area (Å²) in [6.07, 6.45) is 0. The minimum atomic E-state index is -0.216. The molecule has 4 rings (SSSR count). The molecule has 21 heavy (non-hydrogen) atoms. The molecule has 0 spiro atoms. The lowest BCUT2D eigenvalue weighted by molar-refractivity contribution is 0.103. The Labute approximate surface area is 128 Å². The molecule has 4 nitrogen and oxygen atoms in total. The second-order valence-corrected chi connectivity index (χ2v) is 5.92. The van der Waals surface area contributed by atoms with Crippen molar-refractivity contribution in [3.05, 3.63) is 68.2 Å². The molecule has 2 heterocycles. The van der Waals surface area contributed by atoms with Gasteiger partial charge in [-0.2, -0.15) is 0 Å². The lowest BCUT2D eigenvalue weighted by Gasteiger charge is -2.07. The normalized spacial score (nSPS) is 12.6. The van der Waals surface area contributed by atoms with Gasteiger partial charge >= 0.3 is 0 Å². The van der Waals surface area contributed by atoms with E-state index in [1.54, 1.807) is 30.3 Å². The molecule has 0 bridgehead atoms. The Kier molecular flexibility index (Phi) is 2.44. The number of fused-ring (bicyclic) bond motifs is 4. The molecule has 1 aliphatic rings. The Balaban J connectivity index is 2.22. The van der Waals surface area contributed by atoms with Crippen LogP contribution < -0.4 is 5.56 Å². The zero-order valence-corrected chi connectivity index (χ0v) is 12.6. The smallest absolute Gasteiger partial charge is 0.266 e. The molecule has 1 aromatic heterocycles. The summed E-state index contributed by atoms with van der Waals surface area (Å²) in [6, 6.07) is 10.7. The number of aryl methyl sites for hydroxylation is 1. The van der Waals surface area contributed by atoms with E-state index in [0.29, 0.717) is 22.2 Å². The molecule has 0 saturated heterocycles. The Bertz CT molecular complexity index is 1010. The first kappa shape index (κ1) is 12.5. The van der Waals surface area contributed by atoms with Gasteiger partial charge in [-0.3, -0.25) is 14.2 Å². The summed E-state index contributed by atoms with van der Waals surface area (Å²) < 4.78 is 2.13. The van der Waals surface area contributed by atoms with Crippen molar-refractivity contribution in [2.45, 2.75) is 6.92 Å². The molecular weight excluding hydrogens is 332 g/mol. The molecule has 0 atom stereocenters. The van der Waals surface area contributed by atoms with Crippen LogP contribution in [0.4, 0.5) is 0 Å². The van der Waals surface area contributed by atoms with Crippen LogP contribution in [-0.4, -0.2) is 15.3 Å². The average molecular weight is 341 g/mol. The Morgan fingerprint density at radius 1 is 1.14 bits per heavy atom. The first-order valence-electron chi connectivity index (χ1n) is 6.45. The highest BCUT2D eigenvalue weighted by Crippen LogP contribution is 2.33. The number of carbonyl (C=O) groups excluding carboxylic acids is 1. The zero-order valence-electron chi connectivity index (χ0n) is 11.1. The van der Waals surface area contributed by atoms with Crippen LogP contribution in [-0.2, 0) is 0 Å². The number of halogens is 1. The van der Waals surface area contributed by atoms with E-state index in [0.717, 1.165) is 10.0 Å². The molecule has 0 fully saturated rings. The fraction of sp³-hybridized carbons (Fsp3) is 0.0625. The maximum atomic E-state index is 12.7. The lowest BCUT2D eigenvalue weighted by atomic mass is 10.1. The van der Waals surface area contributed by atoms with Gasteiger partial charge in [0.05, 0.1) is 22.2 Å². The standard InChI is InChI=1S/C16H9BrN2O2/c1-8-6-10-13(11(17)7-8)19-15(14(10)20)18-12-5-3-2-4-9(12)16(19)21/h2-7H,1H3. The van der Waals surface area contributed by atoms with Crippen LogP contribution in [0, 0.1) is 6.92 Å². The van der Waals surface area contributed by atoms with Gasteiger partial charge in [0.1, 0.15) is 0 Å². The van der Waals surface area contributed by atoms with Crippen LogP contribution in [0.2, 0.25) is 0 Å². The number of ketones is 1. The number of benzene rings is 2. The van der Waals surface area contributed by atoms with Gasteiger partial charge in [0, 0.05) is 4.47 Å². The number of para-hydroxylation sites is 1. The second-order valence-electron chi connectivity index (χ2n) is 5.07. The van der Waals surface area contributed by atoms with E-state index in [1.807, 2.05) is 13.0 Å². The molecule has 0 amide bonds. The van der Waals surface area contributed by atoms with E-state index >= 15 is 0 Å². The van der Waals surface area contributed by atoms with Crippen molar-refractivity contribution in [2.75, 3.05) is 0 Å². The molecule has 1 aliphatic heterocycles. The molecule has 0 radical (unpaired) electrons. The predicted octanol–water partition coefficient (Wildman–Crippen LogP) is 3.00. The molecule has 0 unspecified atom stereocenters. The van der Waals surface area contributed by atoms with Crippen LogP contribution >= 0.6 is 15.9 Å². The van der Waals surface area contributed by atoms with Crippen molar-refractivity contribution in [1.82, 2.24) is 9.55 Å². The first-order chi connectivity index (χ1) is 10.1. The third kappa shape index (κ3) is 1.58. The maximum Gasteiger partial charge on any atom is 0.266 e. The van der Waals surface area contributed by atoms with Gasteiger partial charge in [-0.05, 0) is 52.7 Å². The third-order valence-electron chi connectivity index (χ3n) is 3.65. The van der Waals surface area contributed by atoms with E-state index in [1.165, 1.54) is 4.57 Å². The van der Waals surface area contributed by atoms with Gasteiger partial charge in [0.15, 0.2) is 5.82 Å². The number of aromatic nitrogens is 2. The fourth-order valence-electron chi connectivity index (χ4n) is 2.75. The Hall–Kier alpha value is -2.27. The number of hydrogen-bond donors (Lipinski definition) is 0. The number of carbonyl (C=O) groups is 1. The van der Waals surface area contributed by atoms with Gasteiger partial charge < -0.3 is 0 Å². The number of nitrogens with zero attached hydrogens (tertiary/aromatic N) is 2. The van der Waals surface area contributed by atoms with Crippen molar-refractivity contribution in [2.24, 2.45) is 0 Å². The van der Waals surface area contributed by atoms with Crippen molar-refractivity contribution in [1.29, 1.82) is 0 Å². The SMILES string of the molecule is Cc1cc(Br)c2c(c1)C(=O)c1nc3ccccc3c(=O)n1-2. The van der Waals surface area contributed by atoms with E-state index in [9.17, 15) is 9.59 Å². The second kappa shape index (κ2) is 4.11. The molecule has 0 aliphatic carbocycles. The molecule has 0 saturated carbocycles.